The van der Waals surface area contributed by atoms with Crippen LogP contribution in [0, 0.1) is 0 Å². The Balaban J connectivity index is 2.12. The van der Waals surface area contributed by atoms with Gasteiger partial charge in [-0.3, -0.25) is 14.5 Å². The van der Waals surface area contributed by atoms with Crippen molar-refractivity contribution in [1.82, 2.24) is 20.4 Å². The summed E-state index contributed by atoms with van der Waals surface area (Å²) in [5.74, 6) is -0.498. The Morgan fingerprint density at radius 3 is 2.46 bits per heavy atom. The average Bonchev–Trinajstić information content (AvgIpc) is 2.78. The van der Waals surface area contributed by atoms with Gasteiger partial charge in [-0.25, -0.2) is 9.69 Å². The minimum Gasteiger partial charge on any atom is -0.353 e. The number of carbonyl (C=O) groups is 3. The van der Waals surface area contributed by atoms with E-state index in [0.717, 1.165) is 4.90 Å². The van der Waals surface area contributed by atoms with Gasteiger partial charge < -0.3 is 10.6 Å². The molecular formula is C18H25ClN4O3. The highest BCUT2D eigenvalue weighted by Crippen LogP contribution is 2.29. The number of hydrogen-bond donors (Lipinski definition) is 2. The topological polar surface area (TPSA) is 81.8 Å². The van der Waals surface area contributed by atoms with Crippen molar-refractivity contribution in [3.05, 3.63) is 34.9 Å². The van der Waals surface area contributed by atoms with Crippen LogP contribution in [0.1, 0.15) is 33.3 Å². The second kappa shape index (κ2) is 8.05. The lowest BCUT2D eigenvalue weighted by Crippen LogP contribution is -2.47. The molecule has 2 rings (SSSR count). The van der Waals surface area contributed by atoms with Crippen LogP contribution in [0.3, 0.4) is 0 Å². The van der Waals surface area contributed by atoms with Crippen molar-refractivity contribution in [1.29, 1.82) is 0 Å². The van der Waals surface area contributed by atoms with Crippen LogP contribution < -0.4 is 10.6 Å². The molecule has 1 heterocycles. The Morgan fingerprint density at radius 2 is 1.92 bits per heavy atom. The van der Waals surface area contributed by atoms with E-state index < -0.39 is 11.6 Å². The van der Waals surface area contributed by atoms with Gasteiger partial charge in [0.15, 0.2) is 0 Å². The predicted molar refractivity (Wildman–Crippen MR) is 99.6 cm³/mol. The van der Waals surface area contributed by atoms with Gasteiger partial charge in [0.25, 0.3) is 5.91 Å². The average molecular weight is 381 g/mol. The highest BCUT2D eigenvalue weighted by atomic mass is 35.5. The summed E-state index contributed by atoms with van der Waals surface area (Å²) >= 11 is 5.90. The van der Waals surface area contributed by atoms with E-state index in [1.54, 1.807) is 36.1 Å². The molecule has 0 aliphatic carbocycles. The van der Waals surface area contributed by atoms with E-state index in [2.05, 4.69) is 10.6 Å². The number of benzene rings is 1. The molecule has 0 saturated carbocycles. The molecule has 0 bridgehead atoms. The fourth-order valence-electron chi connectivity index (χ4n) is 2.84. The number of amides is 4. The summed E-state index contributed by atoms with van der Waals surface area (Å²) in [5, 5.41) is 6.11. The van der Waals surface area contributed by atoms with E-state index in [-0.39, 0.29) is 31.1 Å². The summed E-state index contributed by atoms with van der Waals surface area (Å²) in [4.78, 5) is 40.2. The van der Waals surface area contributed by atoms with Gasteiger partial charge in [0.2, 0.25) is 5.91 Å². The second-order valence-corrected chi connectivity index (χ2v) is 7.24. The van der Waals surface area contributed by atoms with Gasteiger partial charge in [0, 0.05) is 11.1 Å². The summed E-state index contributed by atoms with van der Waals surface area (Å²) in [6.07, 6.45) is 0. The summed E-state index contributed by atoms with van der Waals surface area (Å²) in [7, 11) is 0. The molecule has 0 spiro atoms. The first kappa shape index (κ1) is 20.2. The second-order valence-electron chi connectivity index (χ2n) is 6.80. The number of likely N-dealkylation sites (N-methyl/N-ethyl adjacent to an activating group) is 1. The lowest BCUT2D eigenvalue weighted by atomic mass is 9.92. The number of hydrogen-bond acceptors (Lipinski definition) is 4. The molecule has 1 fully saturated rings. The molecule has 1 aromatic rings. The Hall–Kier alpha value is -2.12. The Bertz CT molecular complexity index is 692. The molecule has 142 valence electrons. The number of nitrogens with one attached hydrogen (secondary N) is 2. The molecule has 1 aliphatic rings. The van der Waals surface area contributed by atoms with E-state index in [4.69, 9.17) is 11.6 Å². The SMILES string of the molecule is CCN(CC(=O)NC(C)C)CN1C(=O)N[C@@](C)(c2ccc(Cl)cc2)C1=O. The van der Waals surface area contributed by atoms with Crippen molar-refractivity contribution in [3.63, 3.8) is 0 Å². The van der Waals surface area contributed by atoms with Crippen LogP contribution in [0.2, 0.25) is 5.02 Å². The number of halogens is 1. The third kappa shape index (κ3) is 4.34. The fourth-order valence-corrected chi connectivity index (χ4v) is 2.96. The highest BCUT2D eigenvalue weighted by molar-refractivity contribution is 6.30. The first-order valence-corrected chi connectivity index (χ1v) is 8.97. The fraction of sp³-hybridized carbons (Fsp3) is 0.500. The zero-order valence-corrected chi connectivity index (χ0v) is 16.3. The molecule has 0 unspecified atom stereocenters. The van der Waals surface area contributed by atoms with Crippen molar-refractivity contribution in [2.45, 2.75) is 39.3 Å². The molecule has 2 N–H and O–H groups in total. The number of imide groups is 1. The van der Waals surface area contributed by atoms with Crippen molar-refractivity contribution >= 4 is 29.4 Å². The lowest BCUT2D eigenvalue weighted by molar-refractivity contribution is -0.133. The standard InChI is InChI=1S/C18H25ClN4O3/c1-5-22(10-15(24)20-12(2)3)11-23-16(25)18(4,21-17(23)26)13-6-8-14(19)9-7-13/h6-9,12H,5,10-11H2,1-4H3,(H,20,24)(H,21,26)/t18-/m0/s1. The van der Waals surface area contributed by atoms with E-state index in [1.165, 1.54) is 0 Å². The Kier molecular flexibility index (Phi) is 6.26. The largest absolute Gasteiger partial charge is 0.353 e. The van der Waals surface area contributed by atoms with Crippen LogP contribution >= 0.6 is 11.6 Å². The van der Waals surface area contributed by atoms with Gasteiger partial charge >= 0.3 is 6.03 Å². The summed E-state index contributed by atoms with van der Waals surface area (Å²) in [6, 6.07) is 6.36. The molecule has 8 heteroatoms. The highest BCUT2D eigenvalue weighted by Gasteiger charge is 2.49. The smallest absolute Gasteiger partial charge is 0.326 e. The lowest BCUT2D eigenvalue weighted by Gasteiger charge is -2.26. The third-order valence-electron chi connectivity index (χ3n) is 4.30. The molecule has 4 amide bonds. The van der Waals surface area contributed by atoms with E-state index in [0.29, 0.717) is 17.1 Å². The maximum absolute atomic E-state index is 12.9. The van der Waals surface area contributed by atoms with Crippen LogP contribution in [-0.2, 0) is 15.1 Å². The van der Waals surface area contributed by atoms with Crippen LogP contribution in [0.4, 0.5) is 4.79 Å². The van der Waals surface area contributed by atoms with Crippen molar-refractivity contribution < 1.29 is 14.4 Å². The van der Waals surface area contributed by atoms with Crippen molar-refractivity contribution in [3.8, 4) is 0 Å². The van der Waals surface area contributed by atoms with Crippen LogP contribution in [0.15, 0.2) is 24.3 Å². The van der Waals surface area contributed by atoms with E-state index >= 15 is 0 Å². The first-order chi connectivity index (χ1) is 12.2. The van der Waals surface area contributed by atoms with E-state index in [9.17, 15) is 14.4 Å². The number of carbonyl (C=O) groups excluding carboxylic acids is 3. The number of urea groups is 1. The van der Waals surface area contributed by atoms with E-state index in [1.807, 2.05) is 20.8 Å². The summed E-state index contributed by atoms with van der Waals surface area (Å²) in [6.45, 7) is 7.99. The normalized spacial score (nSPS) is 20.0. The third-order valence-corrected chi connectivity index (χ3v) is 4.55. The van der Waals surface area contributed by atoms with Crippen molar-refractivity contribution in [2.24, 2.45) is 0 Å². The Morgan fingerprint density at radius 1 is 1.31 bits per heavy atom. The number of rotatable bonds is 7. The maximum Gasteiger partial charge on any atom is 0.326 e. The molecule has 0 aromatic heterocycles. The van der Waals surface area contributed by atoms with Crippen LogP contribution in [0.25, 0.3) is 0 Å². The minimum absolute atomic E-state index is 0.0334. The Labute approximate surface area is 158 Å². The molecule has 1 aliphatic heterocycles. The predicted octanol–water partition coefficient (Wildman–Crippen LogP) is 1.91. The molecular weight excluding hydrogens is 356 g/mol. The quantitative estimate of drug-likeness (QED) is 0.708. The van der Waals surface area contributed by atoms with Gasteiger partial charge in [-0.05, 0) is 45.0 Å². The van der Waals surface area contributed by atoms with Crippen molar-refractivity contribution in [2.75, 3.05) is 19.8 Å². The van der Waals surface area contributed by atoms with Gasteiger partial charge in [-0.2, -0.15) is 0 Å². The zero-order valence-electron chi connectivity index (χ0n) is 15.5. The maximum atomic E-state index is 12.9. The molecule has 1 atom stereocenters. The summed E-state index contributed by atoms with van der Waals surface area (Å²) < 4.78 is 0. The molecule has 26 heavy (non-hydrogen) atoms. The number of nitrogens with zero attached hydrogens (tertiary/aromatic N) is 2. The molecule has 7 nitrogen and oxygen atoms in total. The van der Waals surface area contributed by atoms with Gasteiger partial charge in [-0.15, -0.1) is 0 Å². The van der Waals surface area contributed by atoms with Gasteiger partial charge in [0.05, 0.1) is 13.2 Å². The molecule has 0 radical (unpaired) electrons. The monoisotopic (exact) mass is 380 g/mol. The summed E-state index contributed by atoms with van der Waals surface area (Å²) in [5.41, 5.74) is -0.496. The molecule has 1 aromatic carbocycles. The molecule has 1 saturated heterocycles. The van der Waals surface area contributed by atoms with Gasteiger partial charge in [0.1, 0.15) is 5.54 Å². The van der Waals surface area contributed by atoms with Crippen LogP contribution in [-0.4, -0.2) is 53.4 Å². The van der Waals surface area contributed by atoms with Gasteiger partial charge in [-0.1, -0.05) is 30.7 Å². The minimum atomic E-state index is -1.15. The van der Waals surface area contributed by atoms with Crippen LogP contribution in [0.5, 0.6) is 0 Å². The first-order valence-electron chi connectivity index (χ1n) is 8.59. The zero-order chi connectivity index (χ0) is 19.5.